The van der Waals surface area contributed by atoms with E-state index < -0.39 is 0 Å². The Morgan fingerprint density at radius 1 is 1.45 bits per heavy atom. The minimum atomic E-state index is -0.236. The van der Waals surface area contributed by atoms with Crippen LogP contribution in [0.3, 0.4) is 0 Å². The standard InChI is InChI=1S/C14H20N4O4/c1-21-8-12(19)15-6-11-16-14(22-17-11)10-4-5-13(20)18(10)7-9-2-3-9/h9-10H,2-8H2,1H3,(H,15,19)/t10-/m0/s1. The number of carbonyl (C=O) groups is 2. The van der Waals surface area contributed by atoms with Gasteiger partial charge in [0, 0.05) is 20.1 Å². The van der Waals surface area contributed by atoms with Gasteiger partial charge in [0.15, 0.2) is 5.82 Å². The molecule has 1 saturated carbocycles. The lowest BCUT2D eigenvalue weighted by Gasteiger charge is -2.21. The molecule has 0 radical (unpaired) electrons. The molecule has 2 heterocycles. The van der Waals surface area contributed by atoms with Gasteiger partial charge in [-0.05, 0) is 25.2 Å². The topological polar surface area (TPSA) is 97.6 Å². The van der Waals surface area contributed by atoms with E-state index in [1.165, 1.54) is 20.0 Å². The number of hydrogen-bond acceptors (Lipinski definition) is 6. The average molecular weight is 308 g/mol. The van der Waals surface area contributed by atoms with Crippen LogP contribution in [0.2, 0.25) is 0 Å². The SMILES string of the molecule is COCC(=O)NCc1noc([C@@H]2CCC(=O)N2CC2CC2)n1. The summed E-state index contributed by atoms with van der Waals surface area (Å²) in [6.07, 6.45) is 3.62. The van der Waals surface area contributed by atoms with E-state index in [9.17, 15) is 9.59 Å². The molecule has 0 unspecified atom stereocenters. The van der Waals surface area contributed by atoms with Crippen molar-refractivity contribution in [3.8, 4) is 0 Å². The summed E-state index contributed by atoms with van der Waals surface area (Å²) in [5.74, 6) is 1.42. The summed E-state index contributed by atoms with van der Waals surface area (Å²) in [4.78, 5) is 29.5. The highest BCUT2D eigenvalue weighted by Crippen LogP contribution is 2.37. The predicted octanol–water partition coefficient (Wildman–Crippen LogP) is 0.406. The van der Waals surface area contributed by atoms with E-state index in [0.29, 0.717) is 30.5 Å². The van der Waals surface area contributed by atoms with Gasteiger partial charge in [0.2, 0.25) is 17.7 Å². The molecule has 8 heteroatoms. The highest BCUT2D eigenvalue weighted by Gasteiger charge is 2.38. The normalized spacial score (nSPS) is 21.4. The summed E-state index contributed by atoms with van der Waals surface area (Å²) in [5.41, 5.74) is 0. The molecule has 2 aliphatic rings. The lowest BCUT2D eigenvalue weighted by Crippen LogP contribution is -2.30. The van der Waals surface area contributed by atoms with Crippen molar-refractivity contribution < 1.29 is 18.8 Å². The van der Waals surface area contributed by atoms with Crippen LogP contribution in [0.1, 0.15) is 43.4 Å². The van der Waals surface area contributed by atoms with Crippen LogP contribution in [0.25, 0.3) is 0 Å². The minimum Gasteiger partial charge on any atom is -0.375 e. The summed E-state index contributed by atoms with van der Waals surface area (Å²) >= 11 is 0. The maximum absolute atomic E-state index is 12.0. The van der Waals surface area contributed by atoms with E-state index in [-0.39, 0.29) is 31.0 Å². The van der Waals surface area contributed by atoms with E-state index in [4.69, 9.17) is 9.26 Å². The number of carbonyl (C=O) groups excluding carboxylic acids is 2. The third-order valence-electron chi connectivity index (χ3n) is 3.97. The largest absolute Gasteiger partial charge is 0.375 e. The Hall–Kier alpha value is -1.96. The van der Waals surface area contributed by atoms with Crippen molar-refractivity contribution in [1.82, 2.24) is 20.4 Å². The molecule has 1 aliphatic carbocycles. The molecule has 2 fully saturated rings. The number of ether oxygens (including phenoxy) is 1. The number of nitrogens with one attached hydrogen (secondary N) is 1. The summed E-state index contributed by atoms with van der Waals surface area (Å²) < 4.78 is 10.0. The van der Waals surface area contributed by atoms with Crippen molar-refractivity contribution in [3.05, 3.63) is 11.7 Å². The van der Waals surface area contributed by atoms with Crippen LogP contribution in [-0.2, 0) is 20.9 Å². The molecule has 3 rings (SSSR count). The maximum Gasteiger partial charge on any atom is 0.249 e. The molecule has 0 spiro atoms. The summed E-state index contributed by atoms with van der Waals surface area (Å²) in [5, 5.41) is 6.50. The molecule has 1 aromatic rings. The van der Waals surface area contributed by atoms with Gasteiger partial charge in [-0.1, -0.05) is 5.16 Å². The molecule has 0 aromatic carbocycles. The first kappa shape index (κ1) is 15.0. The van der Waals surface area contributed by atoms with Crippen LogP contribution in [0.5, 0.6) is 0 Å². The van der Waals surface area contributed by atoms with Crippen molar-refractivity contribution in [3.63, 3.8) is 0 Å². The van der Waals surface area contributed by atoms with E-state index in [0.717, 1.165) is 6.54 Å². The van der Waals surface area contributed by atoms with E-state index in [1.807, 2.05) is 4.90 Å². The van der Waals surface area contributed by atoms with Crippen LogP contribution in [0, 0.1) is 5.92 Å². The van der Waals surface area contributed by atoms with Crippen LogP contribution in [-0.4, -0.2) is 47.1 Å². The first-order valence-electron chi connectivity index (χ1n) is 7.55. The van der Waals surface area contributed by atoms with Gasteiger partial charge in [0.1, 0.15) is 12.6 Å². The number of aromatic nitrogens is 2. The van der Waals surface area contributed by atoms with Crippen molar-refractivity contribution in [2.45, 2.75) is 38.3 Å². The zero-order valence-corrected chi connectivity index (χ0v) is 12.6. The predicted molar refractivity (Wildman–Crippen MR) is 74.4 cm³/mol. The number of hydrogen-bond donors (Lipinski definition) is 1. The Morgan fingerprint density at radius 3 is 3.00 bits per heavy atom. The van der Waals surface area contributed by atoms with E-state index in [2.05, 4.69) is 15.5 Å². The first-order chi connectivity index (χ1) is 10.7. The summed E-state index contributed by atoms with van der Waals surface area (Å²) in [6, 6.07) is -0.121. The fraction of sp³-hybridized carbons (Fsp3) is 0.714. The number of amides is 2. The molecule has 1 atom stereocenters. The Bertz CT molecular complexity index is 555. The third-order valence-corrected chi connectivity index (χ3v) is 3.97. The van der Waals surface area contributed by atoms with Crippen LogP contribution in [0.15, 0.2) is 4.52 Å². The molecule has 0 bridgehead atoms. The van der Waals surface area contributed by atoms with Crippen LogP contribution >= 0.6 is 0 Å². The van der Waals surface area contributed by atoms with Crippen LogP contribution in [0.4, 0.5) is 0 Å². The summed E-state index contributed by atoms with van der Waals surface area (Å²) in [7, 11) is 1.46. The van der Waals surface area contributed by atoms with Crippen molar-refractivity contribution in [2.75, 3.05) is 20.3 Å². The molecule has 2 amide bonds. The Labute approximate surface area is 128 Å². The number of methoxy groups -OCH3 is 1. The molecule has 1 aromatic heterocycles. The smallest absolute Gasteiger partial charge is 0.249 e. The second kappa shape index (κ2) is 6.43. The van der Waals surface area contributed by atoms with Gasteiger partial charge >= 0.3 is 0 Å². The van der Waals surface area contributed by atoms with Gasteiger partial charge in [0.05, 0.1) is 6.54 Å². The van der Waals surface area contributed by atoms with Crippen molar-refractivity contribution >= 4 is 11.8 Å². The van der Waals surface area contributed by atoms with Gasteiger partial charge in [-0.25, -0.2) is 0 Å². The fourth-order valence-corrected chi connectivity index (χ4v) is 2.63. The Morgan fingerprint density at radius 2 is 2.27 bits per heavy atom. The zero-order valence-electron chi connectivity index (χ0n) is 12.6. The Kier molecular flexibility index (Phi) is 4.37. The monoisotopic (exact) mass is 308 g/mol. The number of rotatable bonds is 7. The molecule has 1 aliphatic heterocycles. The molecular weight excluding hydrogens is 288 g/mol. The average Bonchev–Trinajstić information content (AvgIpc) is 3.07. The highest BCUT2D eigenvalue weighted by molar-refractivity contribution is 5.79. The molecule has 120 valence electrons. The van der Waals surface area contributed by atoms with Crippen molar-refractivity contribution in [2.24, 2.45) is 5.92 Å². The number of nitrogens with zero attached hydrogens (tertiary/aromatic N) is 3. The Balaban J connectivity index is 1.59. The second-order valence-corrected chi connectivity index (χ2v) is 5.80. The zero-order chi connectivity index (χ0) is 15.5. The van der Waals surface area contributed by atoms with E-state index in [1.54, 1.807) is 0 Å². The van der Waals surface area contributed by atoms with Gasteiger partial charge < -0.3 is 19.5 Å². The lowest BCUT2D eigenvalue weighted by atomic mass is 10.2. The number of likely N-dealkylation sites (tertiary alicyclic amines) is 1. The summed E-state index contributed by atoms with van der Waals surface area (Å²) in [6.45, 7) is 0.970. The minimum absolute atomic E-state index is 0.00297. The van der Waals surface area contributed by atoms with Gasteiger partial charge in [0.25, 0.3) is 0 Å². The van der Waals surface area contributed by atoms with Gasteiger partial charge in [-0.15, -0.1) is 0 Å². The van der Waals surface area contributed by atoms with Crippen molar-refractivity contribution in [1.29, 1.82) is 0 Å². The lowest BCUT2D eigenvalue weighted by molar-refractivity contribution is -0.129. The fourth-order valence-electron chi connectivity index (χ4n) is 2.63. The molecule has 1 saturated heterocycles. The first-order valence-corrected chi connectivity index (χ1v) is 7.55. The molecule has 22 heavy (non-hydrogen) atoms. The van der Waals surface area contributed by atoms with Crippen LogP contribution < -0.4 is 5.32 Å². The molecular formula is C14H20N4O4. The molecule has 1 N–H and O–H groups in total. The second-order valence-electron chi connectivity index (χ2n) is 5.80. The quantitative estimate of drug-likeness (QED) is 0.783. The highest BCUT2D eigenvalue weighted by atomic mass is 16.5. The maximum atomic E-state index is 12.0. The van der Waals surface area contributed by atoms with E-state index >= 15 is 0 Å². The third kappa shape index (κ3) is 3.44. The van der Waals surface area contributed by atoms with Gasteiger partial charge in [-0.2, -0.15) is 4.98 Å². The van der Waals surface area contributed by atoms with Gasteiger partial charge in [-0.3, -0.25) is 9.59 Å². The molecule has 8 nitrogen and oxygen atoms in total.